The maximum Gasteiger partial charge on any atom is 0.120 e. The molecule has 0 bridgehead atoms. The van der Waals surface area contributed by atoms with Crippen LogP contribution < -0.4 is 10.1 Å². The zero-order valence-corrected chi connectivity index (χ0v) is 16.2. The molecule has 0 spiro atoms. The molecule has 1 aromatic heterocycles. The van der Waals surface area contributed by atoms with Crippen LogP contribution in [-0.2, 0) is 19.7 Å². The van der Waals surface area contributed by atoms with Gasteiger partial charge in [0.2, 0.25) is 0 Å². The van der Waals surface area contributed by atoms with E-state index in [9.17, 15) is 0 Å². The first-order valence-electron chi connectivity index (χ1n) is 8.32. The maximum atomic E-state index is 5.87. The molecular weight excluding hydrogens is 369 g/mol. The summed E-state index contributed by atoms with van der Waals surface area (Å²) in [6.45, 7) is 3.43. The predicted octanol–water partition coefficient (Wildman–Crippen LogP) is 4.49. The first-order chi connectivity index (χ1) is 11.9. The monoisotopic (exact) mass is 393 g/mol. The van der Waals surface area contributed by atoms with Crippen molar-refractivity contribution in [1.82, 2.24) is 14.9 Å². The topological polar surface area (TPSA) is 39.1 Å². The standard InChI is InChI=1S/C20H23N3O.2ClH/c1-2-6-18(7-3-1)16-24-20-9-4-8-19(14-20)15-21-10-5-12-23-13-11-22-17-23;;/h1-4,6-9,11,13-14,17,21H,5,10,12,15-16H2;2*1H. The van der Waals surface area contributed by atoms with Crippen molar-refractivity contribution in [2.75, 3.05) is 6.54 Å². The van der Waals surface area contributed by atoms with E-state index >= 15 is 0 Å². The van der Waals surface area contributed by atoms with E-state index in [-0.39, 0.29) is 24.8 Å². The summed E-state index contributed by atoms with van der Waals surface area (Å²) in [6, 6.07) is 18.5. The molecule has 0 amide bonds. The fraction of sp³-hybridized carbons (Fsp3) is 0.250. The lowest BCUT2D eigenvalue weighted by molar-refractivity contribution is 0.306. The molecular formula is C20H25Cl2N3O. The second-order valence-corrected chi connectivity index (χ2v) is 5.75. The Balaban J connectivity index is 0.00000169. The van der Waals surface area contributed by atoms with Crippen molar-refractivity contribution in [2.24, 2.45) is 0 Å². The van der Waals surface area contributed by atoms with E-state index in [0.29, 0.717) is 6.61 Å². The minimum atomic E-state index is 0. The van der Waals surface area contributed by atoms with Crippen molar-refractivity contribution in [1.29, 1.82) is 0 Å². The van der Waals surface area contributed by atoms with Gasteiger partial charge in [-0.05, 0) is 36.2 Å². The van der Waals surface area contributed by atoms with Crippen LogP contribution in [-0.4, -0.2) is 16.1 Å². The molecule has 140 valence electrons. The van der Waals surface area contributed by atoms with E-state index in [1.807, 2.05) is 49.1 Å². The van der Waals surface area contributed by atoms with Crippen LogP contribution in [0.25, 0.3) is 0 Å². The fourth-order valence-electron chi connectivity index (χ4n) is 2.52. The number of hydrogen-bond acceptors (Lipinski definition) is 3. The van der Waals surface area contributed by atoms with Crippen molar-refractivity contribution in [3.8, 4) is 5.75 Å². The number of nitrogens with one attached hydrogen (secondary N) is 1. The van der Waals surface area contributed by atoms with Crippen LogP contribution in [0.1, 0.15) is 17.5 Å². The van der Waals surface area contributed by atoms with Crippen LogP contribution in [0.15, 0.2) is 73.3 Å². The van der Waals surface area contributed by atoms with Gasteiger partial charge >= 0.3 is 0 Å². The first kappa shape index (κ1) is 22.0. The average molecular weight is 394 g/mol. The van der Waals surface area contributed by atoms with Crippen LogP contribution in [0.5, 0.6) is 5.75 Å². The molecule has 0 radical (unpaired) electrons. The number of rotatable bonds is 9. The highest BCUT2D eigenvalue weighted by molar-refractivity contribution is 5.85. The minimum absolute atomic E-state index is 0. The molecule has 3 aromatic rings. The van der Waals surface area contributed by atoms with Gasteiger partial charge < -0.3 is 14.6 Å². The van der Waals surface area contributed by atoms with Gasteiger partial charge in [-0.1, -0.05) is 42.5 Å². The number of aryl methyl sites for hydroxylation is 1. The minimum Gasteiger partial charge on any atom is -0.489 e. The van der Waals surface area contributed by atoms with E-state index in [4.69, 9.17) is 4.74 Å². The van der Waals surface area contributed by atoms with Gasteiger partial charge in [-0.15, -0.1) is 24.8 Å². The molecule has 2 aromatic carbocycles. The number of halogens is 2. The van der Waals surface area contributed by atoms with Crippen molar-refractivity contribution >= 4 is 24.8 Å². The van der Waals surface area contributed by atoms with Crippen LogP contribution in [0, 0.1) is 0 Å². The molecule has 0 saturated carbocycles. The Morgan fingerprint density at radius 2 is 1.77 bits per heavy atom. The maximum absolute atomic E-state index is 5.87. The summed E-state index contributed by atoms with van der Waals surface area (Å²) in [4.78, 5) is 4.05. The van der Waals surface area contributed by atoms with E-state index in [0.717, 1.165) is 31.8 Å². The number of nitrogens with zero attached hydrogens (tertiary/aromatic N) is 2. The van der Waals surface area contributed by atoms with Crippen molar-refractivity contribution in [3.05, 3.63) is 84.4 Å². The largest absolute Gasteiger partial charge is 0.489 e. The number of imidazole rings is 1. The molecule has 1 heterocycles. The molecule has 4 nitrogen and oxygen atoms in total. The van der Waals surface area contributed by atoms with Gasteiger partial charge in [0.15, 0.2) is 0 Å². The molecule has 0 unspecified atom stereocenters. The van der Waals surface area contributed by atoms with Crippen molar-refractivity contribution in [3.63, 3.8) is 0 Å². The number of hydrogen-bond donors (Lipinski definition) is 1. The van der Waals surface area contributed by atoms with Crippen LogP contribution in [0.2, 0.25) is 0 Å². The van der Waals surface area contributed by atoms with E-state index < -0.39 is 0 Å². The molecule has 0 aliphatic rings. The Bertz CT molecular complexity index is 721. The Kier molecular flexibility index (Phi) is 10.5. The lowest BCUT2D eigenvalue weighted by atomic mass is 10.2. The quantitative estimate of drug-likeness (QED) is 0.544. The number of aromatic nitrogens is 2. The summed E-state index contributed by atoms with van der Waals surface area (Å²) >= 11 is 0. The van der Waals surface area contributed by atoms with Crippen molar-refractivity contribution < 1.29 is 4.74 Å². The van der Waals surface area contributed by atoms with Gasteiger partial charge in [-0.25, -0.2) is 4.98 Å². The second kappa shape index (κ2) is 12.4. The highest BCUT2D eigenvalue weighted by Gasteiger charge is 1.99. The van der Waals surface area contributed by atoms with Gasteiger partial charge in [-0.3, -0.25) is 0 Å². The summed E-state index contributed by atoms with van der Waals surface area (Å²) in [5.74, 6) is 0.913. The predicted molar refractivity (Wildman–Crippen MR) is 110 cm³/mol. The highest BCUT2D eigenvalue weighted by atomic mass is 35.5. The lowest BCUT2D eigenvalue weighted by Gasteiger charge is -2.09. The molecule has 0 fully saturated rings. The van der Waals surface area contributed by atoms with Crippen LogP contribution in [0.3, 0.4) is 0 Å². The van der Waals surface area contributed by atoms with E-state index in [1.165, 1.54) is 11.1 Å². The van der Waals surface area contributed by atoms with E-state index in [1.54, 1.807) is 0 Å². The van der Waals surface area contributed by atoms with Crippen LogP contribution >= 0.6 is 24.8 Å². The van der Waals surface area contributed by atoms with Gasteiger partial charge in [0.25, 0.3) is 0 Å². The van der Waals surface area contributed by atoms with Gasteiger partial charge in [0.1, 0.15) is 12.4 Å². The summed E-state index contributed by atoms with van der Waals surface area (Å²) in [7, 11) is 0. The third-order valence-electron chi connectivity index (χ3n) is 3.80. The third-order valence-corrected chi connectivity index (χ3v) is 3.80. The molecule has 0 aliphatic carbocycles. The smallest absolute Gasteiger partial charge is 0.120 e. The molecule has 0 atom stereocenters. The molecule has 0 aliphatic heterocycles. The summed E-state index contributed by atoms with van der Waals surface area (Å²) in [6.07, 6.45) is 6.75. The van der Waals surface area contributed by atoms with E-state index in [2.05, 4.69) is 39.1 Å². The Morgan fingerprint density at radius 3 is 2.54 bits per heavy atom. The zero-order valence-electron chi connectivity index (χ0n) is 14.6. The Labute approximate surface area is 167 Å². The highest BCUT2D eigenvalue weighted by Crippen LogP contribution is 2.15. The Hall–Kier alpha value is -2.01. The molecule has 3 rings (SSSR count). The summed E-state index contributed by atoms with van der Waals surface area (Å²) in [5, 5.41) is 3.48. The first-order valence-corrected chi connectivity index (χ1v) is 8.32. The normalized spacial score (nSPS) is 9.85. The summed E-state index contributed by atoms with van der Waals surface area (Å²) < 4.78 is 7.97. The third kappa shape index (κ3) is 7.48. The van der Waals surface area contributed by atoms with Crippen molar-refractivity contribution in [2.45, 2.75) is 26.1 Å². The second-order valence-electron chi connectivity index (χ2n) is 5.75. The average Bonchev–Trinajstić information content (AvgIpc) is 3.14. The van der Waals surface area contributed by atoms with Gasteiger partial charge in [-0.2, -0.15) is 0 Å². The number of benzene rings is 2. The number of ether oxygens (including phenoxy) is 1. The van der Waals surface area contributed by atoms with Crippen LogP contribution in [0.4, 0.5) is 0 Å². The molecule has 0 saturated heterocycles. The zero-order chi connectivity index (χ0) is 16.5. The van der Waals surface area contributed by atoms with Gasteiger partial charge in [0, 0.05) is 25.5 Å². The van der Waals surface area contributed by atoms with Gasteiger partial charge in [0.05, 0.1) is 6.33 Å². The molecule has 26 heavy (non-hydrogen) atoms. The summed E-state index contributed by atoms with van der Waals surface area (Å²) in [5.41, 5.74) is 2.42. The lowest BCUT2D eigenvalue weighted by Crippen LogP contribution is -2.16. The molecule has 1 N–H and O–H groups in total. The molecule has 6 heteroatoms. The SMILES string of the molecule is Cl.Cl.c1ccc(COc2cccc(CNCCCn3ccnc3)c2)cc1. The Morgan fingerprint density at radius 1 is 0.962 bits per heavy atom. The fourth-order valence-corrected chi connectivity index (χ4v) is 2.52.